The number of nitrogens with zero attached hydrogens (tertiary/aromatic N) is 3. The zero-order chi connectivity index (χ0) is 17.8. The Balaban J connectivity index is 1.60. The van der Waals surface area contributed by atoms with E-state index in [0.717, 1.165) is 6.42 Å². The first-order chi connectivity index (χ1) is 12.1. The van der Waals surface area contributed by atoms with Crippen molar-refractivity contribution >= 4 is 29.3 Å². The van der Waals surface area contributed by atoms with Gasteiger partial charge < -0.3 is 11.2 Å². The lowest BCUT2D eigenvalue weighted by Crippen LogP contribution is -2.41. The van der Waals surface area contributed by atoms with E-state index in [2.05, 4.69) is 22.4 Å². The van der Waals surface area contributed by atoms with Crippen LogP contribution >= 0.6 is 23.4 Å². The third-order valence-corrected chi connectivity index (χ3v) is 5.84. The zero-order valence-electron chi connectivity index (χ0n) is 14.1. The summed E-state index contributed by atoms with van der Waals surface area (Å²) in [5.74, 6) is 7.36. The van der Waals surface area contributed by atoms with Crippen LogP contribution in [0.15, 0.2) is 29.4 Å². The van der Waals surface area contributed by atoms with E-state index in [0.29, 0.717) is 27.5 Å². The maximum Gasteiger partial charge on any atom is 0.230 e. The van der Waals surface area contributed by atoms with E-state index in [1.165, 1.54) is 35.7 Å². The molecule has 1 heterocycles. The van der Waals surface area contributed by atoms with Crippen LogP contribution in [0.25, 0.3) is 11.4 Å². The summed E-state index contributed by atoms with van der Waals surface area (Å²) in [5, 5.41) is 12.4. The summed E-state index contributed by atoms with van der Waals surface area (Å²) >= 11 is 7.46. The van der Waals surface area contributed by atoms with Crippen molar-refractivity contribution in [3.8, 4) is 11.4 Å². The van der Waals surface area contributed by atoms with Crippen LogP contribution in [0.5, 0.6) is 0 Å². The molecule has 1 aromatic heterocycles. The Hall–Kier alpha value is -1.73. The van der Waals surface area contributed by atoms with Gasteiger partial charge in [-0.2, -0.15) is 0 Å². The standard InChI is InChI=1S/C17H22ClN5OS/c1-11-6-2-5-9-14(11)20-15(24)10-25-17-22-21-16(23(17)19)12-7-3-4-8-13(12)18/h3-4,7-8,11,14H,2,5-6,9-10,19H2,1H3,(H,20,24)/t11-,14+/m0/s1. The second-order valence-corrected chi connectivity index (χ2v) is 7.73. The van der Waals surface area contributed by atoms with Gasteiger partial charge in [0.2, 0.25) is 11.1 Å². The molecule has 1 aromatic carbocycles. The molecule has 0 radical (unpaired) electrons. The Labute approximate surface area is 156 Å². The third-order valence-electron chi connectivity index (χ3n) is 4.57. The van der Waals surface area contributed by atoms with E-state index < -0.39 is 0 Å². The van der Waals surface area contributed by atoms with Crippen molar-refractivity contribution in [3.63, 3.8) is 0 Å². The van der Waals surface area contributed by atoms with Gasteiger partial charge in [0.1, 0.15) is 0 Å². The van der Waals surface area contributed by atoms with Gasteiger partial charge in [-0.25, -0.2) is 4.68 Å². The molecule has 0 aliphatic heterocycles. The molecule has 1 amide bonds. The van der Waals surface area contributed by atoms with Crippen molar-refractivity contribution < 1.29 is 4.79 Å². The van der Waals surface area contributed by atoms with E-state index in [4.69, 9.17) is 17.4 Å². The average Bonchev–Trinajstić information content (AvgIpc) is 2.96. The molecule has 2 aromatic rings. The molecule has 3 rings (SSSR count). The summed E-state index contributed by atoms with van der Waals surface area (Å²) in [6.07, 6.45) is 4.67. The molecule has 2 atom stereocenters. The minimum absolute atomic E-state index is 0.00560. The lowest BCUT2D eigenvalue weighted by atomic mass is 9.86. The van der Waals surface area contributed by atoms with Crippen molar-refractivity contribution in [2.45, 2.75) is 43.8 Å². The summed E-state index contributed by atoms with van der Waals surface area (Å²) in [6.45, 7) is 2.20. The number of amides is 1. The molecule has 25 heavy (non-hydrogen) atoms. The van der Waals surface area contributed by atoms with Gasteiger partial charge in [-0.1, -0.05) is 55.3 Å². The largest absolute Gasteiger partial charge is 0.352 e. The fraction of sp³-hybridized carbons (Fsp3) is 0.471. The molecule has 3 N–H and O–H groups in total. The highest BCUT2D eigenvalue weighted by molar-refractivity contribution is 7.99. The fourth-order valence-electron chi connectivity index (χ4n) is 3.11. The Morgan fingerprint density at radius 3 is 2.88 bits per heavy atom. The van der Waals surface area contributed by atoms with Gasteiger partial charge in [0.05, 0.1) is 10.8 Å². The Bertz CT molecular complexity index is 750. The Morgan fingerprint density at radius 2 is 2.12 bits per heavy atom. The summed E-state index contributed by atoms with van der Waals surface area (Å²) in [7, 11) is 0. The van der Waals surface area contributed by atoms with Gasteiger partial charge in [0.25, 0.3) is 0 Å². The van der Waals surface area contributed by atoms with Crippen LogP contribution in [0.3, 0.4) is 0 Å². The molecule has 1 fully saturated rings. The maximum atomic E-state index is 12.2. The van der Waals surface area contributed by atoms with Crippen LogP contribution in [0.2, 0.25) is 5.02 Å². The molecule has 0 spiro atoms. The SMILES string of the molecule is C[C@H]1CCCC[C@H]1NC(=O)CSc1nnc(-c2ccccc2Cl)n1N. The highest BCUT2D eigenvalue weighted by atomic mass is 35.5. The van der Waals surface area contributed by atoms with Crippen molar-refractivity contribution in [3.05, 3.63) is 29.3 Å². The first-order valence-corrected chi connectivity index (χ1v) is 9.80. The van der Waals surface area contributed by atoms with Gasteiger partial charge in [-0.05, 0) is 30.9 Å². The summed E-state index contributed by atoms with van der Waals surface area (Å²) in [5.41, 5.74) is 0.714. The lowest BCUT2D eigenvalue weighted by Gasteiger charge is -2.29. The van der Waals surface area contributed by atoms with E-state index in [1.807, 2.05) is 18.2 Å². The van der Waals surface area contributed by atoms with Crippen LogP contribution in [0.1, 0.15) is 32.6 Å². The number of rotatable bonds is 5. The fourth-order valence-corrected chi connectivity index (χ4v) is 4.00. The maximum absolute atomic E-state index is 12.2. The first kappa shape index (κ1) is 18.1. The second kappa shape index (κ2) is 8.10. The van der Waals surface area contributed by atoms with Crippen LogP contribution in [0.4, 0.5) is 0 Å². The van der Waals surface area contributed by atoms with Gasteiger partial charge in [-0.3, -0.25) is 4.79 Å². The number of nitrogen functional groups attached to an aromatic ring is 1. The molecular formula is C17H22ClN5OS. The highest BCUT2D eigenvalue weighted by Crippen LogP contribution is 2.28. The molecule has 1 aliphatic rings. The Kier molecular flexibility index (Phi) is 5.86. The minimum atomic E-state index is 0.00560. The number of thioether (sulfide) groups is 1. The molecule has 6 nitrogen and oxygen atoms in total. The van der Waals surface area contributed by atoms with Gasteiger partial charge >= 0.3 is 0 Å². The smallest absolute Gasteiger partial charge is 0.230 e. The van der Waals surface area contributed by atoms with E-state index in [1.54, 1.807) is 6.07 Å². The van der Waals surface area contributed by atoms with Crippen molar-refractivity contribution in [2.24, 2.45) is 5.92 Å². The van der Waals surface area contributed by atoms with Crippen LogP contribution in [0, 0.1) is 5.92 Å². The number of halogens is 1. The molecule has 1 aliphatic carbocycles. The third kappa shape index (κ3) is 4.27. The number of hydrogen-bond donors (Lipinski definition) is 2. The van der Waals surface area contributed by atoms with Crippen LogP contribution in [-0.2, 0) is 4.79 Å². The van der Waals surface area contributed by atoms with Crippen molar-refractivity contribution in [1.29, 1.82) is 0 Å². The monoisotopic (exact) mass is 379 g/mol. The van der Waals surface area contributed by atoms with Gasteiger partial charge in [0, 0.05) is 11.6 Å². The number of nitrogens with two attached hydrogens (primary N) is 1. The molecule has 1 saturated carbocycles. The predicted molar refractivity (Wildman–Crippen MR) is 101 cm³/mol. The zero-order valence-corrected chi connectivity index (χ0v) is 15.7. The quantitative estimate of drug-likeness (QED) is 0.615. The Morgan fingerprint density at radius 1 is 1.36 bits per heavy atom. The number of aromatic nitrogens is 3. The number of hydrogen-bond acceptors (Lipinski definition) is 5. The number of benzene rings is 1. The molecule has 0 saturated heterocycles. The molecular weight excluding hydrogens is 358 g/mol. The van der Waals surface area contributed by atoms with Crippen LogP contribution < -0.4 is 11.2 Å². The summed E-state index contributed by atoms with van der Waals surface area (Å²) in [6, 6.07) is 7.59. The van der Waals surface area contributed by atoms with Gasteiger partial charge in [-0.15, -0.1) is 10.2 Å². The van der Waals surface area contributed by atoms with Crippen molar-refractivity contribution in [2.75, 3.05) is 11.6 Å². The van der Waals surface area contributed by atoms with E-state index in [9.17, 15) is 4.79 Å². The first-order valence-electron chi connectivity index (χ1n) is 8.44. The van der Waals surface area contributed by atoms with Crippen molar-refractivity contribution in [1.82, 2.24) is 20.2 Å². The van der Waals surface area contributed by atoms with Crippen LogP contribution in [-0.4, -0.2) is 32.6 Å². The molecule has 0 unspecified atom stereocenters. The summed E-state index contributed by atoms with van der Waals surface area (Å²) < 4.78 is 1.38. The molecule has 134 valence electrons. The average molecular weight is 380 g/mol. The van der Waals surface area contributed by atoms with E-state index in [-0.39, 0.29) is 17.7 Å². The normalized spacial score (nSPS) is 20.4. The van der Waals surface area contributed by atoms with E-state index >= 15 is 0 Å². The number of nitrogens with one attached hydrogen (secondary N) is 1. The van der Waals surface area contributed by atoms with Gasteiger partial charge in [0.15, 0.2) is 5.82 Å². The topological polar surface area (TPSA) is 85.8 Å². The highest BCUT2D eigenvalue weighted by Gasteiger charge is 2.23. The lowest BCUT2D eigenvalue weighted by molar-refractivity contribution is -0.119. The predicted octanol–water partition coefficient (Wildman–Crippen LogP) is 3.10. The number of carbonyl (C=O) groups is 1. The molecule has 8 heteroatoms. The number of carbonyl (C=O) groups excluding carboxylic acids is 1. The second-order valence-electron chi connectivity index (χ2n) is 6.38. The summed E-state index contributed by atoms with van der Waals surface area (Å²) in [4.78, 5) is 12.2. The molecule has 0 bridgehead atoms. The minimum Gasteiger partial charge on any atom is -0.352 e.